The van der Waals surface area contributed by atoms with E-state index < -0.39 is 6.03 Å². The van der Waals surface area contributed by atoms with Gasteiger partial charge in [-0.15, -0.1) is 11.6 Å². The second-order valence-electron chi connectivity index (χ2n) is 13.6. The van der Waals surface area contributed by atoms with Crippen LogP contribution >= 0.6 is 11.6 Å². The molecule has 48 heavy (non-hydrogen) atoms. The molecule has 11 heteroatoms. The molecule has 0 radical (unpaired) electrons. The lowest BCUT2D eigenvalue weighted by atomic mass is 9.85. The molecule has 10 nitrogen and oxygen atoms in total. The first-order chi connectivity index (χ1) is 22.9. The third-order valence-electron chi connectivity index (χ3n) is 8.96. The minimum atomic E-state index is -0.392. The number of hydrogen-bond acceptors (Lipinski definition) is 6. The summed E-state index contributed by atoms with van der Waals surface area (Å²) in [6.45, 7) is 8.95. The summed E-state index contributed by atoms with van der Waals surface area (Å²) in [7, 11) is 0. The van der Waals surface area contributed by atoms with Crippen molar-refractivity contribution < 1.29 is 9.53 Å². The lowest BCUT2D eigenvalue weighted by molar-refractivity contribution is 0.170. The number of aliphatic imine (C=N–C) groups is 1. The molecule has 0 saturated carbocycles. The highest BCUT2D eigenvalue weighted by molar-refractivity contribution is 6.17. The average Bonchev–Trinajstić information content (AvgIpc) is 3.06. The van der Waals surface area contributed by atoms with E-state index in [-0.39, 0.29) is 29.1 Å². The number of nitrogens with zero attached hydrogens (tertiary/aromatic N) is 3. The lowest BCUT2D eigenvalue weighted by Crippen LogP contribution is -2.47. The van der Waals surface area contributed by atoms with Crippen LogP contribution in [-0.4, -0.2) is 39.9 Å². The van der Waals surface area contributed by atoms with Gasteiger partial charge >= 0.3 is 6.03 Å². The van der Waals surface area contributed by atoms with Crippen LogP contribution in [0, 0.1) is 16.2 Å². The number of ether oxygens (including phenoxy) is 1. The van der Waals surface area contributed by atoms with Gasteiger partial charge in [-0.05, 0) is 80.0 Å². The van der Waals surface area contributed by atoms with E-state index in [2.05, 4.69) is 22.5 Å². The quantitative estimate of drug-likeness (QED) is 0.107. The van der Waals surface area contributed by atoms with Gasteiger partial charge in [0, 0.05) is 35.7 Å². The Hall–Kier alpha value is -4.57. The lowest BCUT2D eigenvalue weighted by Gasteiger charge is -2.36. The second-order valence-corrected chi connectivity index (χ2v) is 13.9. The fourth-order valence-corrected chi connectivity index (χ4v) is 6.25. The number of benzene rings is 2. The number of amidine groups is 1. The molecular weight excluding hydrogens is 624 g/mol. The van der Waals surface area contributed by atoms with E-state index in [1.54, 1.807) is 29.0 Å². The predicted octanol–water partition coefficient (Wildman–Crippen LogP) is 7.24. The Kier molecular flexibility index (Phi) is 10.9. The molecule has 0 bridgehead atoms. The molecule has 1 aliphatic heterocycles. The van der Waals surface area contributed by atoms with Crippen LogP contribution in [0.2, 0.25) is 0 Å². The zero-order valence-corrected chi connectivity index (χ0v) is 29.0. The maximum Gasteiger partial charge on any atom is 0.320 e. The van der Waals surface area contributed by atoms with Gasteiger partial charge in [0.1, 0.15) is 23.2 Å². The summed E-state index contributed by atoms with van der Waals surface area (Å²) in [4.78, 5) is 20.2. The first-order valence-electron chi connectivity index (χ1n) is 16.6. The Morgan fingerprint density at radius 2 is 1.85 bits per heavy atom. The molecule has 0 unspecified atom stereocenters. The van der Waals surface area contributed by atoms with Crippen molar-refractivity contribution in [1.82, 2.24) is 20.1 Å². The zero-order chi connectivity index (χ0) is 34.4. The molecule has 3 aromatic rings. The Balaban J connectivity index is 1.33. The van der Waals surface area contributed by atoms with E-state index in [4.69, 9.17) is 37.9 Å². The van der Waals surface area contributed by atoms with Crippen molar-refractivity contribution in [2.75, 3.05) is 6.54 Å². The Morgan fingerprint density at radius 1 is 1.08 bits per heavy atom. The summed E-state index contributed by atoms with van der Waals surface area (Å²) in [5.74, 6) is 1.57. The maximum absolute atomic E-state index is 13.5. The van der Waals surface area contributed by atoms with Crippen LogP contribution in [0.4, 0.5) is 10.5 Å². The van der Waals surface area contributed by atoms with Crippen LogP contribution in [0.15, 0.2) is 83.6 Å². The number of alkyl halides is 1. The van der Waals surface area contributed by atoms with Gasteiger partial charge in [-0.3, -0.25) is 20.7 Å². The summed E-state index contributed by atoms with van der Waals surface area (Å²) in [6.07, 6.45) is 7.74. The molecular formula is C37H47ClN8O2. The number of pyridine rings is 1. The fourth-order valence-electron chi connectivity index (χ4n) is 6.08. The SMILES string of the molecule is C[C@H]1CCCCN1C(=N)n1cc(O[C@@H]2CC[C@H](NC(=O)NC(C=C(N)C(C)(C)C)=Nc3cccc(CCl)c3)c3ccccc32)ccc1=N. The number of fused-ring (bicyclic) bond motifs is 1. The summed E-state index contributed by atoms with van der Waals surface area (Å²) in [6, 6.07) is 18.6. The van der Waals surface area contributed by atoms with Crippen LogP contribution in [0.25, 0.3) is 0 Å². The molecule has 1 fully saturated rings. The molecule has 2 aromatic carbocycles. The number of urea groups is 1. The minimum Gasteiger partial charge on any atom is -0.484 e. The molecule has 1 aliphatic carbocycles. The van der Waals surface area contributed by atoms with Crippen LogP contribution in [0.1, 0.15) is 88.6 Å². The van der Waals surface area contributed by atoms with E-state index in [9.17, 15) is 4.79 Å². The van der Waals surface area contributed by atoms with E-state index in [1.807, 2.05) is 69.3 Å². The number of carbonyl (C=O) groups is 1. The molecule has 1 saturated heterocycles. The van der Waals surface area contributed by atoms with Gasteiger partial charge in [0.15, 0.2) is 0 Å². The number of piperidine rings is 1. The van der Waals surface area contributed by atoms with Gasteiger partial charge in [0.25, 0.3) is 0 Å². The van der Waals surface area contributed by atoms with E-state index >= 15 is 0 Å². The van der Waals surface area contributed by atoms with Gasteiger partial charge in [-0.1, -0.05) is 57.2 Å². The van der Waals surface area contributed by atoms with Gasteiger partial charge in [-0.2, -0.15) is 0 Å². The zero-order valence-electron chi connectivity index (χ0n) is 28.2. The summed E-state index contributed by atoms with van der Waals surface area (Å²) in [5, 5.41) is 23.4. The molecule has 2 aliphatic rings. The van der Waals surface area contributed by atoms with Crippen molar-refractivity contribution in [3.05, 3.63) is 101 Å². The van der Waals surface area contributed by atoms with Crippen molar-refractivity contribution >= 4 is 35.1 Å². The predicted molar refractivity (Wildman–Crippen MR) is 192 cm³/mol. The molecule has 5 rings (SSSR count). The van der Waals surface area contributed by atoms with Gasteiger partial charge < -0.3 is 20.7 Å². The standard InChI is InChI=1S/C37H47ClN8O2/c1-24-10-7-8-19-45(24)35(41)46-23-27(15-18-33(46)40)48-31-17-16-30(28-13-5-6-14-29(28)31)43-36(47)44-34(21-32(39)37(2,3)4)42-26-12-9-11-25(20-26)22-38/h5-6,9,11-15,18,20-21,23-24,30-31,40-41H,7-8,10,16-17,19,22,39H2,1-4H3,(H2,42,43,44,47)/t24-,30-,31+/m0/s1. The largest absolute Gasteiger partial charge is 0.484 e. The Morgan fingerprint density at radius 3 is 2.58 bits per heavy atom. The first kappa shape index (κ1) is 34.8. The number of amides is 2. The van der Waals surface area contributed by atoms with Crippen LogP contribution in [-0.2, 0) is 5.88 Å². The van der Waals surface area contributed by atoms with Gasteiger partial charge in [-0.25, -0.2) is 9.79 Å². The third kappa shape index (κ3) is 8.47. The second kappa shape index (κ2) is 15.1. The topological polar surface area (TPSA) is 145 Å². The molecule has 2 amide bonds. The number of aromatic nitrogens is 1. The molecule has 254 valence electrons. The highest BCUT2D eigenvalue weighted by Crippen LogP contribution is 2.38. The number of halogens is 1. The number of carbonyl (C=O) groups excluding carboxylic acids is 1. The van der Waals surface area contributed by atoms with Crippen molar-refractivity contribution in [1.29, 1.82) is 10.8 Å². The van der Waals surface area contributed by atoms with Crippen LogP contribution < -0.4 is 26.6 Å². The minimum absolute atomic E-state index is 0.234. The van der Waals surface area contributed by atoms with E-state index in [1.165, 1.54) is 0 Å². The van der Waals surface area contributed by atoms with Crippen LogP contribution in [0.5, 0.6) is 5.75 Å². The number of hydrogen-bond donors (Lipinski definition) is 5. The van der Waals surface area contributed by atoms with Gasteiger partial charge in [0.2, 0.25) is 5.96 Å². The fraction of sp³-hybridized carbons (Fsp3) is 0.405. The van der Waals surface area contributed by atoms with E-state index in [0.717, 1.165) is 42.5 Å². The van der Waals surface area contributed by atoms with Crippen molar-refractivity contribution in [3.8, 4) is 5.75 Å². The summed E-state index contributed by atoms with van der Waals surface area (Å²) >= 11 is 6.04. The normalized spacial score (nSPS) is 20.1. The number of allylic oxidation sites excluding steroid dienone is 1. The third-order valence-corrected chi connectivity index (χ3v) is 9.27. The molecule has 2 heterocycles. The Labute approximate surface area is 288 Å². The molecule has 3 atom stereocenters. The van der Waals surface area contributed by atoms with Crippen molar-refractivity contribution in [3.63, 3.8) is 0 Å². The summed E-state index contributed by atoms with van der Waals surface area (Å²) < 4.78 is 8.11. The first-order valence-corrected chi connectivity index (χ1v) is 17.1. The van der Waals surface area contributed by atoms with Crippen LogP contribution in [0.3, 0.4) is 0 Å². The van der Waals surface area contributed by atoms with Crippen molar-refractivity contribution in [2.45, 2.75) is 83.9 Å². The highest BCUT2D eigenvalue weighted by Gasteiger charge is 2.30. The molecule has 6 N–H and O–H groups in total. The van der Waals surface area contributed by atoms with Gasteiger partial charge in [0.05, 0.1) is 17.9 Å². The number of nitrogens with one attached hydrogen (secondary N) is 4. The smallest absolute Gasteiger partial charge is 0.320 e. The molecule has 1 aromatic heterocycles. The highest BCUT2D eigenvalue weighted by atomic mass is 35.5. The van der Waals surface area contributed by atoms with E-state index in [0.29, 0.717) is 47.7 Å². The molecule has 0 spiro atoms. The average molecular weight is 671 g/mol. The number of nitrogens with two attached hydrogens (primary N) is 1. The van der Waals surface area contributed by atoms with Crippen molar-refractivity contribution in [2.24, 2.45) is 16.1 Å². The monoisotopic (exact) mass is 670 g/mol. The summed E-state index contributed by atoms with van der Waals surface area (Å²) in [5.41, 5.74) is 10.4. The number of rotatable bonds is 6. The Bertz CT molecular complexity index is 1760. The number of likely N-dealkylation sites (tertiary alicyclic amines) is 1. The maximum atomic E-state index is 13.5.